The zero-order chi connectivity index (χ0) is 13.6. The molecular weight excluding hydrogens is 260 g/mol. The quantitative estimate of drug-likeness (QED) is 0.847. The van der Waals surface area contributed by atoms with Crippen LogP contribution in [0.3, 0.4) is 0 Å². The lowest BCUT2D eigenvalue weighted by molar-refractivity contribution is -0.121. The molecule has 1 saturated carbocycles. The number of anilines is 2. The normalized spacial score (nSPS) is 20.8. The minimum Gasteiger partial charge on any atom is -0.352 e. The van der Waals surface area contributed by atoms with Gasteiger partial charge < -0.3 is 10.2 Å². The van der Waals surface area contributed by atoms with E-state index in [0.29, 0.717) is 0 Å². The maximum Gasteiger partial charge on any atom is 0.250 e. The molecule has 19 heavy (non-hydrogen) atoms. The summed E-state index contributed by atoms with van der Waals surface area (Å²) in [7, 11) is 0. The minimum absolute atomic E-state index is 0.133. The Kier molecular flexibility index (Phi) is 2.97. The van der Waals surface area contributed by atoms with Crippen LogP contribution in [0, 0.1) is 0 Å². The summed E-state index contributed by atoms with van der Waals surface area (Å²) in [5.41, 5.74) is 1.43. The molecule has 0 saturated heterocycles. The van der Waals surface area contributed by atoms with Gasteiger partial charge in [0.2, 0.25) is 5.91 Å². The van der Waals surface area contributed by atoms with E-state index in [1.54, 1.807) is 0 Å². The second-order valence-electron chi connectivity index (χ2n) is 5.79. The van der Waals surface area contributed by atoms with Gasteiger partial charge in [0, 0.05) is 6.04 Å². The van der Waals surface area contributed by atoms with Crippen LogP contribution in [0.4, 0.5) is 11.4 Å². The van der Waals surface area contributed by atoms with E-state index in [0.717, 1.165) is 42.1 Å². The summed E-state index contributed by atoms with van der Waals surface area (Å²) in [5.74, 6) is 0.133. The van der Waals surface area contributed by atoms with Gasteiger partial charge in [0.25, 0.3) is 0 Å². The lowest BCUT2D eigenvalue weighted by Gasteiger charge is -2.48. The number of nitrogens with zero attached hydrogens (tertiary/aromatic N) is 1. The number of carbonyl (C=O) groups is 1. The Hall–Kier alpha value is -1.22. The molecule has 1 amide bonds. The van der Waals surface area contributed by atoms with Crippen molar-refractivity contribution >= 4 is 28.9 Å². The van der Waals surface area contributed by atoms with Crippen molar-refractivity contribution in [3.05, 3.63) is 23.2 Å². The fourth-order valence-electron chi connectivity index (χ4n) is 3.60. The molecule has 3 rings (SSSR count). The van der Waals surface area contributed by atoms with Crippen molar-refractivity contribution in [2.75, 3.05) is 10.2 Å². The van der Waals surface area contributed by atoms with Gasteiger partial charge in [-0.2, -0.15) is 0 Å². The topological polar surface area (TPSA) is 32.3 Å². The number of para-hydroxylation sites is 1. The number of amides is 1. The Labute approximate surface area is 118 Å². The minimum atomic E-state index is -0.397. The molecule has 102 valence electrons. The van der Waals surface area contributed by atoms with Crippen molar-refractivity contribution < 1.29 is 4.79 Å². The smallest absolute Gasteiger partial charge is 0.250 e. The van der Waals surface area contributed by atoms with E-state index >= 15 is 0 Å². The van der Waals surface area contributed by atoms with Crippen molar-refractivity contribution in [3.8, 4) is 0 Å². The first-order chi connectivity index (χ1) is 9.06. The van der Waals surface area contributed by atoms with Crippen molar-refractivity contribution in [1.82, 2.24) is 0 Å². The number of hydrogen-bond acceptors (Lipinski definition) is 2. The van der Waals surface area contributed by atoms with Gasteiger partial charge in [0.05, 0.1) is 16.4 Å². The fraction of sp³-hybridized carbons (Fsp3) is 0.533. The van der Waals surface area contributed by atoms with Crippen LogP contribution in [0.15, 0.2) is 18.2 Å². The van der Waals surface area contributed by atoms with E-state index in [1.165, 1.54) is 0 Å². The Morgan fingerprint density at radius 2 is 2.00 bits per heavy atom. The van der Waals surface area contributed by atoms with Gasteiger partial charge in [-0.05, 0) is 38.8 Å². The maximum atomic E-state index is 12.6. The predicted molar refractivity (Wildman–Crippen MR) is 78.9 cm³/mol. The van der Waals surface area contributed by atoms with Crippen LogP contribution in [-0.2, 0) is 4.79 Å². The monoisotopic (exact) mass is 278 g/mol. The number of carbonyl (C=O) groups excluding carboxylic acids is 1. The molecule has 1 fully saturated rings. The molecule has 1 aromatic rings. The second-order valence-corrected chi connectivity index (χ2v) is 6.20. The first-order valence-electron chi connectivity index (χ1n) is 6.95. The summed E-state index contributed by atoms with van der Waals surface area (Å²) >= 11 is 6.40. The summed E-state index contributed by atoms with van der Waals surface area (Å²) < 4.78 is 0. The number of hydrogen-bond donors (Lipinski definition) is 1. The van der Waals surface area contributed by atoms with Crippen LogP contribution in [0.1, 0.15) is 39.5 Å². The van der Waals surface area contributed by atoms with Gasteiger partial charge in [-0.3, -0.25) is 4.79 Å². The number of nitrogens with one attached hydrogen (secondary N) is 1. The molecule has 1 N–H and O–H groups in total. The average molecular weight is 279 g/mol. The van der Waals surface area contributed by atoms with Gasteiger partial charge in [0.15, 0.2) is 0 Å². The first-order valence-corrected chi connectivity index (χ1v) is 7.33. The summed E-state index contributed by atoms with van der Waals surface area (Å²) in [6, 6.07) is 5.96. The maximum absolute atomic E-state index is 12.6. The Balaban J connectivity index is 2.20. The molecule has 0 unspecified atom stereocenters. The van der Waals surface area contributed by atoms with Crippen LogP contribution in [0.5, 0.6) is 0 Å². The summed E-state index contributed by atoms with van der Waals surface area (Å²) in [5, 5.41) is 3.77. The van der Waals surface area contributed by atoms with Crippen LogP contribution in [0.2, 0.25) is 5.02 Å². The largest absolute Gasteiger partial charge is 0.352 e. The highest BCUT2D eigenvalue weighted by Crippen LogP contribution is 2.48. The Morgan fingerprint density at radius 1 is 1.32 bits per heavy atom. The summed E-state index contributed by atoms with van der Waals surface area (Å²) in [6.07, 6.45) is 4.05. The SMILES string of the molecule is CC(C)N1c2c(Cl)cccc2NC(=O)C12CCCC2. The standard InChI is InChI=1S/C15H19ClN2O/c1-10(2)18-13-11(16)6-5-7-12(13)17-14(19)15(18)8-3-4-9-15/h5-7,10H,3-4,8-9H2,1-2H3,(H,17,19). The van der Waals surface area contributed by atoms with E-state index in [9.17, 15) is 4.79 Å². The van der Waals surface area contributed by atoms with Crippen LogP contribution < -0.4 is 10.2 Å². The van der Waals surface area contributed by atoms with E-state index in [1.807, 2.05) is 18.2 Å². The number of rotatable bonds is 1. The van der Waals surface area contributed by atoms with E-state index in [2.05, 4.69) is 24.1 Å². The van der Waals surface area contributed by atoms with Crippen LogP contribution >= 0.6 is 11.6 Å². The lowest BCUT2D eigenvalue weighted by Crippen LogP contribution is -2.60. The van der Waals surface area contributed by atoms with E-state index in [4.69, 9.17) is 11.6 Å². The lowest BCUT2D eigenvalue weighted by atomic mass is 9.88. The van der Waals surface area contributed by atoms with E-state index in [-0.39, 0.29) is 11.9 Å². The van der Waals surface area contributed by atoms with Gasteiger partial charge in [-0.1, -0.05) is 30.5 Å². The van der Waals surface area contributed by atoms with Gasteiger partial charge in [-0.15, -0.1) is 0 Å². The predicted octanol–water partition coefficient (Wildman–Crippen LogP) is 3.82. The fourth-order valence-corrected chi connectivity index (χ4v) is 3.87. The van der Waals surface area contributed by atoms with Crippen molar-refractivity contribution in [2.45, 2.75) is 51.1 Å². The number of benzene rings is 1. The molecule has 1 aliphatic carbocycles. The average Bonchev–Trinajstić information content (AvgIpc) is 2.82. The first kappa shape index (κ1) is 12.8. The molecule has 1 spiro atoms. The van der Waals surface area contributed by atoms with Crippen LogP contribution in [0.25, 0.3) is 0 Å². The molecule has 0 aromatic heterocycles. The molecule has 0 radical (unpaired) electrons. The third kappa shape index (κ3) is 1.75. The second kappa shape index (κ2) is 4.41. The van der Waals surface area contributed by atoms with Gasteiger partial charge >= 0.3 is 0 Å². The van der Waals surface area contributed by atoms with Gasteiger partial charge in [-0.25, -0.2) is 0 Å². The summed E-state index contributed by atoms with van der Waals surface area (Å²) in [6.45, 7) is 4.26. The van der Waals surface area contributed by atoms with Gasteiger partial charge in [0.1, 0.15) is 5.54 Å². The molecule has 1 heterocycles. The Morgan fingerprint density at radius 3 is 2.63 bits per heavy atom. The highest BCUT2D eigenvalue weighted by molar-refractivity contribution is 6.34. The Bertz CT molecular complexity index is 521. The third-order valence-electron chi connectivity index (χ3n) is 4.31. The third-order valence-corrected chi connectivity index (χ3v) is 4.61. The van der Waals surface area contributed by atoms with Crippen molar-refractivity contribution in [3.63, 3.8) is 0 Å². The molecule has 4 heteroatoms. The highest BCUT2D eigenvalue weighted by Gasteiger charge is 2.50. The number of halogens is 1. The summed E-state index contributed by atoms with van der Waals surface area (Å²) in [4.78, 5) is 14.9. The molecular formula is C15H19ClN2O. The molecule has 0 atom stereocenters. The van der Waals surface area contributed by atoms with Crippen molar-refractivity contribution in [1.29, 1.82) is 0 Å². The number of fused-ring (bicyclic) bond motifs is 1. The van der Waals surface area contributed by atoms with E-state index < -0.39 is 5.54 Å². The van der Waals surface area contributed by atoms with Crippen LogP contribution in [-0.4, -0.2) is 17.5 Å². The molecule has 3 nitrogen and oxygen atoms in total. The highest BCUT2D eigenvalue weighted by atomic mass is 35.5. The van der Waals surface area contributed by atoms with Crippen molar-refractivity contribution in [2.24, 2.45) is 0 Å². The molecule has 1 aliphatic heterocycles. The zero-order valence-corrected chi connectivity index (χ0v) is 12.1. The zero-order valence-electron chi connectivity index (χ0n) is 11.4. The molecule has 1 aromatic carbocycles. The molecule has 0 bridgehead atoms. The molecule has 2 aliphatic rings.